The number of hydrogen-bond donors (Lipinski definition) is 2. The highest BCUT2D eigenvalue weighted by molar-refractivity contribution is 5.94. The lowest BCUT2D eigenvalue weighted by Gasteiger charge is -2.11. The Balaban J connectivity index is 1.56. The molecule has 0 fully saturated rings. The van der Waals surface area contributed by atoms with Crippen LogP contribution in [-0.4, -0.2) is 22.2 Å². The van der Waals surface area contributed by atoms with E-state index < -0.39 is 0 Å². The molecule has 2 N–H and O–H groups in total. The van der Waals surface area contributed by atoms with Crippen molar-refractivity contribution in [2.75, 3.05) is 12.4 Å². The van der Waals surface area contributed by atoms with Crippen LogP contribution in [0.5, 0.6) is 11.5 Å². The Morgan fingerprint density at radius 3 is 2.72 bits per heavy atom. The normalized spacial score (nSPS) is 12.2. The van der Waals surface area contributed by atoms with E-state index in [4.69, 9.17) is 4.74 Å². The number of nitrogens with one attached hydrogen (secondary N) is 1. The van der Waals surface area contributed by atoms with E-state index in [0.29, 0.717) is 18.1 Å². The van der Waals surface area contributed by atoms with Gasteiger partial charge in [-0.25, -0.2) is 9.97 Å². The number of hydrogen-bond acceptors (Lipinski definition) is 7. The molecule has 0 aliphatic carbocycles. The molecule has 0 spiro atoms. The van der Waals surface area contributed by atoms with Gasteiger partial charge in [-0.05, 0) is 47.5 Å². The van der Waals surface area contributed by atoms with Gasteiger partial charge in [-0.1, -0.05) is 18.2 Å². The molecule has 1 aliphatic heterocycles. The van der Waals surface area contributed by atoms with Crippen LogP contribution in [-0.2, 0) is 6.54 Å². The van der Waals surface area contributed by atoms with Crippen molar-refractivity contribution in [2.45, 2.75) is 6.54 Å². The minimum atomic E-state index is 0.108. The summed E-state index contributed by atoms with van der Waals surface area (Å²) in [5.41, 5.74) is 5.61. The van der Waals surface area contributed by atoms with Gasteiger partial charge >= 0.3 is 0 Å². The van der Waals surface area contributed by atoms with Crippen LogP contribution in [0, 0.1) is 0 Å². The van der Waals surface area contributed by atoms with Crippen LogP contribution in [0.2, 0.25) is 0 Å². The van der Waals surface area contributed by atoms with Crippen molar-refractivity contribution in [1.29, 1.82) is 0 Å². The molecule has 0 unspecified atom stereocenters. The SMILES string of the molecule is COc1cc(-c2ccc3ncnc(Nc4ccc5c(c4)N=NC5)c3c2)ccc1O. The number of phenolic OH excluding ortho intramolecular Hbond substituents is 1. The largest absolute Gasteiger partial charge is 0.504 e. The van der Waals surface area contributed by atoms with Crippen molar-refractivity contribution in [3.63, 3.8) is 0 Å². The van der Waals surface area contributed by atoms with Crippen LogP contribution < -0.4 is 10.1 Å². The summed E-state index contributed by atoms with van der Waals surface area (Å²) in [6, 6.07) is 17.2. The molecule has 7 heteroatoms. The van der Waals surface area contributed by atoms with Gasteiger partial charge in [0.2, 0.25) is 0 Å². The number of aromatic nitrogens is 2. The molecule has 1 aromatic heterocycles. The number of methoxy groups -OCH3 is 1. The van der Waals surface area contributed by atoms with E-state index in [1.165, 1.54) is 7.11 Å². The van der Waals surface area contributed by atoms with E-state index in [1.54, 1.807) is 18.5 Å². The zero-order chi connectivity index (χ0) is 19.8. The van der Waals surface area contributed by atoms with Crippen LogP contribution in [0.4, 0.5) is 17.2 Å². The Hall–Kier alpha value is -4.00. The van der Waals surface area contributed by atoms with E-state index in [-0.39, 0.29) is 5.75 Å². The highest BCUT2D eigenvalue weighted by Gasteiger charge is 2.11. The lowest BCUT2D eigenvalue weighted by molar-refractivity contribution is 0.373. The summed E-state index contributed by atoms with van der Waals surface area (Å²) in [6.07, 6.45) is 1.54. The van der Waals surface area contributed by atoms with Gasteiger partial charge in [-0.15, -0.1) is 0 Å². The fourth-order valence-corrected chi connectivity index (χ4v) is 3.39. The quantitative estimate of drug-likeness (QED) is 0.495. The van der Waals surface area contributed by atoms with Gasteiger partial charge in [0.25, 0.3) is 0 Å². The number of azo groups is 1. The lowest BCUT2D eigenvalue weighted by atomic mass is 10.0. The lowest BCUT2D eigenvalue weighted by Crippen LogP contribution is -1.96. The van der Waals surface area contributed by atoms with Crippen molar-refractivity contribution in [3.8, 4) is 22.6 Å². The molecule has 1 aliphatic rings. The van der Waals surface area contributed by atoms with Gasteiger partial charge < -0.3 is 15.2 Å². The Bertz CT molecular complexity index is 1270. The van der Waals surface area contributed by atoms with Crippen molar-refractivity contribution < 1.29 is 9.84 Å². The maximum atomic E-state index is 9.86. The Morgan fingerprint density at radius 1 is 0.966 bits per heavy atom. The monoisotopic (exact) mass is 383 g/mol. The first-order valence-electron chi connectivity index (χ1n) is 9.11. The fourth-order valence-electron chi connectivity index (χ4n) is 3.39. The van der Waals surface area contributed by atoms with E-state index in [9.17, 15) is 5.11 Å². The highest BCUT2D eigenvalue weighted by atomic mass is 16.5. The van der Waals surface area contributed by atoms with Crippen molar-refractivity contribution in [3.05, 3.63) is 66.5 Å². The molecule has 0 radical (unpaired) electrons. The molecule has 0 saturated heterocycles. The summed E-state index contributed by atoms with van der Waals surface area (Å²) >= 11 is 0. The minimum Gasteiger partial charge on any atom is -0.504 e. The molecule has 0 atom stereocenters. The molecule has 3 aromatic carbocycles. The first kappa shape index (κ1) is 17.1. The van der Waals surface area contributed by atoms with Crippen LogP contribution in [0.3, 0.4) is 0 Å². The maximum Gasteiger partial charge on any atom is 0.161 e. The van der Waals surface area contributed by atoms with Crippen molar-refractivity contribution >= 4 is 28.1 Å². The third-order valence-corrected chi connectivity index (χ3v) is 4.92. The number of fused-ring (bicyclic) bond motifs is 2. The number of aromatic hydroxyl groups is 1. The Labute approximate surface area is 166 Å². The third kappa shape index (κ3) is 3.12. The van der Waals surface area contributed by atoms with Crippen LogP contribution in [0.25, 0.3) is 22.0 Å². The van der Waals surface area contributed by atoms with Gasteiger partial charge in [0.1, 0.15) is 12.1 Å². The molecular weight excluding hydrogens is 366 g/mol. The highest BCUT2D eigenvalue weighted by Crippen LogP contribution is 2.35. The minimum absolute atomic E-state index is 0.108. The standard InChI is InChI=1S/C22H17N5O2/c1-29-21-9-14(4-7-20(21)28)13-3-6-18-17(8-13)22(24-12-23-18)26-16-5-2-15-11-25-27-19(15)10-16/h2-10,12,28H,11H2,1H3,(H,23,24,26). The summed E-state index contributed by atoms with van der Waals surface area (Å²) in [5, 5.41) is 22.3. The van der Waals surface area contributed by atoms with Crippen LogP contribution in [0.1, 0.15) is 5.56 Å². The number of nitrogens with zero attached hydrogens (tertiary/aromatic N) is 4. The van der Waals surface area contributed by atoms with E-state index in [1.807, 2.05) is 42.5 Å². The number of ether oxygens (including phenoxy) is 1. The average Bonchev–Trinajstić information content (AvgIpc) is 3.22. The summed E-state index contributed by atoms with van der Waals surface area (Å²) in [7, 11) is 1.53. The first-order valence-corrected chi connectivity index (χ1v) is 9.11. The number of phenols is 1. The molecule has 5 rings (SSSR count). The zero-order valence-electron chi connectivity index (χ0n) is 15.6. The molecular formula is C22H17N5O2. The van der Waals surface area contributed by atoms with E-state index >= 15 is 0 Å². The predicted octanol–water partition coefficient (Wildman–Crippen LogP) is 5.35. The molecule has 0 amide bonds. The second-order valence-electron chi connectivity index (χ2n) is 6.71. The molecule has 4 aromatic rings. The fraction of sp³-hybridized carbons (Fsp3) is 0.0909. The van der Waals surface area contributed by atoms with Gasteiger partial charge in [0.15, 0.2) is 11.5 Å². The topological polar surface area (TPSA) is 92.0 Å². The maximum absolute atomic E-state index is 9.86. The van der Waals surface area contributed by atoms with Crippen molar-refractivity contribution in [2.24, 2.45) is 10.2 Å². The van der Waals surface area contributed by atoms with Crippen molar-refractivity contribution in [1.82, 2.24) is 9.97 Å². The Morgan fingerprint density at radius 2 is 1.83 bits per heavy atom. The summed E-state index contributed by atoms with van der Waals surface area (Å²) < 4.78 is 5.23. The number of anilines is 2. The van der Waals surface area contributed by atoms with E-state index in [2.05, 4.69) is 25.5 Å². The number of rotatable bonds is 4. The molecule has 2 heterocycles. The Kier molecular flexibility index (Phi) is 4.05. The van der Waals surface area contributed by atoms with Crippen LogP contribution >= 0.6 is 0 Å². The molecule has 7 nitrogen and oxygen atoms in total. The van der Waals surface area contributed by atoms with Crippen LogP contribution in [0.15, 0.2) is 71.2 Å². The van der Waals surface area contributed by atoms with Gasteiger partial charge in [-0.3, -0.25) is 0 Å². The predicted molar refractivity (Wildman–Crippen MR) is 111 cm³/mol. The van der Waals surface area contributed by atoms with Gasteiger partial charge in [0.05, 0.1) is 24.9 Å². The molecule has 29 heavy (non-hydrogen) atoms. The first-order chi connectivity index (χ1) is 14.2. The smallest absolute Gasteiger partial charge is 0.161 e. The zero-order valence-corrected chi connectivity index (χ0v) is 15.6. The van der Waals surface area contributed by atoms with Gasteiger partial charge in [0, 0.05) is 16.6 Å². The summed E-state index contributed by atoms with van der Waals surface area (Å²) in [5.74, 6) is 1.24. The average molecular weight is 383 g/mol. The molecule has 0 bridgehead atoms. The van der Waals surface area contributed by atoms with E-state index in [0.717, 1.165) is 39.0 Å². The summed E-state index contributed by atoms with van der Waals surface area (Å²) in [6.45, 7) is 0.630. The second kappa shape index (κ2) is 6.87. The van der Waals surface area contributed by atoms with Gasteiger partial charge in [-0.2, -0.15) is 10.2 Å². The second-order valence-corrected chi connectivity index (χ2v) is 6.71. The number of benzene rings is 3. The molecule has 0 saturated carbocycles. The summed E-state index contributed by atoms with van der Waals surface area (Å²) in [4.78, 5) is 8.81. The third-order valence-electron chi connectivity index (χ3n) is 4.92. The molecule has 142 valence electrons.